The Kier molecular flexibility index (Phi) is 5.13. The minimum Gasteiger partial charge on any atom is -0.496 e. The number of rotatable bonds is 4. The van der Waals surface area contributed by atoms with Crippen molar-refractivity contribution in [3.05, 3.63) is 59.4 Å². The molecule has 0 saturated carbocycles. The van der Waals surface area contributed by atoms with Gasteiger partial charge in [-0.1, -0.05) is 12.1 Å². The van der Waals surface area contributed by atoms with E-state index in [2.05, 4.69) is 11.4 Å². The molecular formula is C17H16FNO2S2. The second-order valence-electron chi connectivity index (χ2n) is 5.00. The molecule has 120 valence electrons. The maximum atomic E-state index is 13.4. The molecule has 1 fully saturated rings. The zero-order valence-corrected chi connectivity index (χ0v) is 14.2. The second-order valence-corrected chi connectivity index (χ2v) is 7.72. The summed E-state index contributed by atoms with van der Waals surface area (Å²) < 4.78 is 19.0. The van der Waals surface area contributed by atoms with Crippen LogP contribution in [0.25, 0.3) is 0 Å². The molecule has 2 aromatic carbocycles. The normalized spacial score (nSPS) is 14.7. The molecule has 23 heavy (non-hydrogen) atoms. The van der Waals surface area contributed by atoms with Gasteiger partial charge in [-0.25, -0.2) is 4.39 Å². The van der Waals surface area contributed by atoms with Crippen LogP contribution in [0.15, 0.2) is 42.5 Å². The number of benzene rings is 2. The van der Waals surface area contributed by atoms with Crippen LogP contribution in [-0.2, 0) is 0 Å². The summed E-state index contributed by atoms with van der Waals surface area (Å²) in [7, 11) is 1.46. The van der Waals surface area contributed by atoms with Gasteiger partial charge in [0, 0.05) is 17.2 Å². The number of carbonyl (C=O) groups is 1. The predicted molar refractivity (Wildman–Crippen MR) is 95.0 cm³/mol. The van der Waals surface area contributed by atoms with Crippen LogP contribution in [0.2, 0.25) is 0 Å². The summed E-state index contributed by atoms with van der Waals surface area (Å²) in [5.74, 6) is 1.79. The first kappa shape index (κ1) is 16.2. The molecule has 3 nitrogen and oxygen atoms in total. The number of anilines is 1. The molecule has 1 aliphatic rings. The Morgan fingerprint density at radius 2 is 2.00 bits per heavy atom. The van der Waals surface area contributed by atoms with Gasteiger partial charge in [0.15, 0.2) is 0 Å². The van der Waals surface area contributed by atoms with Crippen molar-refractivity contribution in [3.63, 3.8) is 0 Å². The molecule has 1 saturated heterocycles. The van der Waals surface area contributed by atoms with Crippen LogP contribution in [0.5, 0.6) is 5.75 Å². The molecule has 0 atom stereocenters. The highest BCUT2D eigenvalue weighted by Crippen LogP contribution is 2.45. The van der Waals surface area contributed by atoms with Gasteiger partial charge in [-0.2, -0.15) is 0 Å². The van der Waals surface area contributed by atoms with Gasteiger partial charge >= 0.3 is 0 Å². The van der Waals surface area contributed by atoms with E-state index in [4.69, 9.17) is 4.74 Å². The van der Waals surface area contributed by atoms with Crippen molar-refractivity contribution in [2.75, 3.05) is 23.9 Å². The zero-order chi connectivity index (χ0) is 16.2. The summed E-state index contributed by atoms with van der Waals surface area (Å²) in [5, 5.41) is 2.82. The van der Waals surface area contributed by atoms with E-state index in [9.17, 15) is 9.18 Å². The molecule has 1 aliphatic heterocycles. The van der Waals surface area contributed by atoms with E-state index < -0.39 is 5.82 Å². The Morgan fingerprint density at radius 3 is 2.74 bits per heavy atom. The van der Waals surface area contributed by atoms with Gasteiger partial charge in [0.25, 0.3) is 5.91 Å². The van der Waals surface area contributed by atoms with Crippen LogP contribution < -0.4 is 10.1 Å². The number of ether oxygens (including phenoxy) is 1. The molecule has 1 heterocycles. The smallest absolute Gasteiger partial charge is 0.259 e. The molecule has 0 aliphatic carbocycles. The Bertz CT molecular complexity index is 717. The molecule has 0 bridgehead atoms. The fraction of sp³-hybridized carbons (Fsp3) is 0.235. The van der Waals surface area contributed by atoms with E-state index in [1.165, 1.54) is 30.9 Å². The van der Waals surface area contributed by atoms with Crippen molar-refractivity contribution >= 4 is 35.1 Å². The Morgan fingerprint density at radius 1 is 1.22 bits per heavy atom. The van der Waals surface area contributed by atoms with Crippen molar-refractivity contribution in [3.8, 4) is 5.75 Å². The summed E-state index contributed by atoms with van der Waals surface area (Å²) in [6.07, 6.45) is 0. The van der Waals surface area contributed by atoms with Crippen molar-refractivity contribution in [2.24, 2.45) is 0 Å². The first-order valence-corrected chi connectivity index (χ1v) is 9.25. The maximum Gasteiger partial charge on any atom is 0.259 e. The molecule has 6 heteroatoms. The number of carbonyl (C=O) groups excluding carboxylic acids is 1. The summed E-state index contributed by atoms with van der Waals surface area (Å²) in [5.41, 5.74) is 2.07. The topological polar surface area (TPSA) is 38.3 Å². The Balaban J connectivity index is 1.80. The van der Waals surface area contributed by atoms with Crippen molar-refractivity contribution in [2.45, 2.75) is 4.58 Å². The number of nitrogens with one attached hydrogen (secondary N) is 1. The van der Waals surface area contributed by atoms with Gasteiger partial charge < -0.3 is 10.1 Å². The number of amides is 1. The lowest BCUT2D eigenvalue weighted by Gasteiger charge is -2.12. The number of halogens is 1. The maximum absolute atomic E-state index is 13.4. The van der Waals surface area contributed by atoms with Gasteiger partial charge in [0.1, 0.15) is 11.6 Å². The number of methoxy groups -OCH3 is 1. The average Bonchev–Trinajstić information content (AvgIpc) is 3.09. The summed E-state index contributed by atoms with van der Waals surface area (Å²) in [6.45, 7) is 0. The molecule has 3 rings (SSSR count). The number of thioether (sulfide) groups is 2. The molecule has 1 amide bonds. The quantitative estimate of drug-likeness (QED) is 0.878. The van der Waals surface area contributed by atoms with Crippen molar-refractivity contribution < 1.29 is 13.9 Å². The van der Waals surface area contributed by atoms with Crippen LogP contribution >= 0.6 is 23.5 Å². The summed E-state index contributed by atoms with van der Waals surface area (Å²) >= 11 is 3.82. The van der Waals surface area contributed by atoms with Gasteiger partial charge in [-0.3, -0.25) is 4.79 Å². The highest BCUT2D eigenvalue weighted by atomic mass is 32.2. The third-order valence-electron chi connectivity index (χ3n) is 3.44. The van der Waals surface area contributed by atoms with Gasteiger partial charge in [0.2, 0.25) is 0 Å². The first-order valence-electron chi connectivity index (χ1n) is 7.15. The van der Waals surface area contributed by atoms with E-state index in [1.54, 1.807) is 0 Å². The first-order chi connectivity index (χ1) is 11.2. The van der Waals surface area contributed by atoms with Crippen LogP contribution in [0.4, 0.5) is 10.1 Å². The molecule has 0 spiro atoms. The van der Waals surface area contributed by atoms with Crippen LogP contribution in [0, 0.1) is 5.82 Å². The molecule has 0 radical (unpaired) electrons. The van der Waals surface area contributed by atoms with E-state index in [0.29, 0.717) is 16.0 Å². The van der Waals surface area contributed by atoms with E-state index >= 15 is 0 Å². The highest BCUT2D eigenvalue weighted by molar-refractivity contribution is 8.19. The average molecular weight is 349 g/mol. The Hall–Kier alpha value is -1.66. The van der Waals surface area contributed by atoms with Gasteiger partial charge in [-0.15, -0.1) is 23.5 Å². The lowest BCUT2D eigenvalue weighted by molar-refractivity contribution is 0.102. The fourth-order valence-corrected chi connectivity index (χ4v) is 5.21. The Labute approximate surface area is 143 Å². The van der Waals surface area contributed by atoms with E-state index in [-0.39, 0.29) is 11.5 Å². The summed E-state index contributed by atoms with van der Waals surface area (Å²) in [4.78, 5) is 12.4. The minimum absolute atomic E-state index is 0.183. The predicted octanol–water partition coefficient (Wildman–Crippen LogP) is 4.57. The van der Waals surface area contributed by atoms with Crippen LogP contribution in [0.3, 0.4) is 0 Å². The van der Waals surface area contributed by atoms with E-state index in [0.717, 1.165) is 11.5 Å². The zero-order valence-electron chi connectivity index (χ0n) is 12.5. The number of hydrogen-bond donors (Lipinski definition) is 1. The standard InChI is InChI=1S/C17H16FNO2S2/c1-21-15-6-5-12(18)10-14(15)16(20)19-13-4-2-3-11(9-13)17-22-7-8-23-17/h2-6,9-10,17H,7-8H2,1H3,(H,19,20). The van der Waals surface area contributed by atoms with Gasteiger partial charge in [0.05, 0.1) is 17.3 Å². The van der Waals surface area contributed by atoms with Crippen molar-refractivity contribution in [1.29, 1.82) is 0 Å². The molecule has 2 aromatic rings. The fourth-order valence-electron chi connectivity index (χ4n) is 2.37. The van der Waals surface area contributed by atoms with Crippen molar-refractivity contribution in [1.82, 2.24) is 0 Å². The molecule has 0 aromatic heterocycles. The molecule has 1 N–H and O–H groups in total. The highest BCUT2D eigenvalue weighted by Gasteiger charge is 2.19. The van der Waals surface area contributed by atoms with Crippen LogP contribution in [0.1, 0.15) is 20.5 Å². The second kappa shape index (κ2) is 7.27. The van der Waals surface area contributed by atoms with E-state index in [1.807, 2.05) is 41.7 Å². The third-order valence-corrected chi connectivity index (χ3v) is 6.55. The summed E-state index contributed by atoms with van der Waals surface area (Å²) in [6, 6.07) is 11.7. The number of hydrogen-bond acceptors (Lipinski definition) is 4. The van der Waals surface area contributed by atoms with Crippen LogP contribution in [-0.4, -0.2) is 24.5 Å². The lowest BCUT2D eigenvalue weighted by Crippen LogP contribution is -2.13. The lowest BCUT2D eigenvalue weighted by atomic mass is 10.1. The molecule has 0 unspecified atom stereocenters. The monoisotopic (exact) mass is 349 g/mol. The SMILES string of the molecule is COc1ccc(F)cc1C(=O)Nc1cccc(C2SCCS2)c1. The molecular weight excluding hydrogens is 333 g/mol. The third kappa shape index (κ3) is 3.82. The largest absolute Gasteiger partial charge is 0.496 e. The van der Waals surface area contributed by atoms with Gasteiger partial charge in [-0.05, 0) is 35.9 Å². The minimum atomic E-state index is -0.469.